The number of primary sulfonamides is 1. The summed E-state index contributed by atoms with van der Waals surface area (Å²) in [4.78, 5) is 12.1. The summed E-state index contributed by atoms with van der Waals surface area (Å²) in [5, 5.41) is 11.6. The van der Waals surface area contributed by atoms with Gasteiger partial charge in [-0.05, 0) is 74.6 Å². The van der Waals surface area contributed by atoms with Crippen molar-refractivity contribution in [3.05, 3.63) is 65.7 Å². The van der Waals surface area contributed by atoms with E-state index in [0.29, 0.717) is 5.69 Å². The number of nitrogens with one attached hydrogen (secondary N) is 2. The number of benzene rings is 2. The van der Waals surface area contributed by atoms with E-state index in [4.69, 9.17) is 9.88 Å². The van der Waals surface area contributed by atoms with Crippen molar-refractivity contribution >= 4 is 27.5 Å². The van der Waals surface area contributed by atoms with Crippen LogP contribution in [0, 0.1) is 5.92 Å². The number of hydrogen-bond donors (Lipinski definition) is 3. The molecule has 4 rings (SSSR count). The summed E-state index contributed by atoms with van der Waals surface area (Å²) in [6, 6.07) is 12.7. The Kier molecular flexibility index (Phi) is 5.31. The molecular formula is C23H27N3O4S. The van der Waals surface area contributed by atoms with Crippen LogP contribution in [0.5, 0.6) is 0 Å². The molecule has 164 valence electrons. The van der Waals surface area contributed by atoms with E-state index in [1.807, 2.05) is 45.0 Å². The van der Waals surface area contributed by atoms with E-state index in [-0.39, 0.29) is 22.8 Å². The molecule has 0 aromatic heterocycles. The van der Waals surface area contributed by atoms with Crippen LogP contribution in [-0.2, 0) is 14.8 Å². The third kappa shape index (κ3) is 4.60. The Morgan fingerprint density at radius 3 is 2.52 bits per heavy atom. The normalized spacial score (nSPS) is 22.3. The number of hydrogen-bond acceptors (Lipinski definition) is 5. The molecule has 1 amide bonds. The summed E-state index contributed by atoms with van der Waals surface area (Å²) < 4.78 is 28.9. The van der Waals surface area contributed by atoms with Gasteiger partial charge in [0.15, 0.2) is 0 Å². The number of carbonyl (C=O) groups is 1. The molecule has 0 bridgehead atoms. The maximum atomic E-state index is 12.0. The molecule has 0 saturated heterocycles. The number of carbonyl (C=O) groups excluding carboxylic acids is 1. The fraction of sp³-hybridized carbons (Fsp3) is 0.348. The molecule has 2 aliphatic rings. The number of anilines is 2. The first-order chi connectivity index (χ1) is 14.5. The molecule has 0 saturated carbocycles. The summed E-state index contributed by atoms with van der Waals surface area (Å²) in [5.74, 6) is 0.371. The molecule has 0 spiro atoms. The Morgan fingerprint density at radius 1 is 1.16 bits per heavy atom. The second-order valence-corrected chi connectivity index (χ2v) is 10.6. The minimum absolute atomic E-state index is 0.0587. The van der Waals surface area contributed by atoms with Crippen LogP contribution in [0.3, 0.4) is 0 Å². The number of amides is 1. The van der Waals surface area contributed by atoms with Crippen molar-refractivity contribution in [1.29, 1.82) is 0 Å². The van der Waals surface area contributed by atoms with E-state index in [1.54, 1.807) is 12.1 Å². The lowest BCUT2D eigenvalue weighted by Gasteiger charge is -2.37. The van der Waals surface area contributed by atoms with Gasteiger partial charge in [0.1, 0.15) is 5.60 Å². The van der Waals surface area contributed by atoms with Crippen molar-refractivity contribution in [3.63, 3.8) is 0 Å². The number of sulfonamides is 1. The molecule has 8 heteroatoms. The molecule has 0 radical (unpaired) electrons. The maximum Gasteiger partial charge on any atom is 0.412 e. The topological polar surface area (TPSA) is 111 Å². The lowest BCUT2D eigenvalue weighted by molar-refractivity contribution is 0.0636. The zero-order valence-electron chi connectivity index (χ0n) is 17.8. The number of ether oxygens (including phenoxy) is 1. The molecule has 0 unspecified atom stereocenters. The summed E-state index contributed by atoms with van der Waals surface area (Å²) >= 11 is 0. The SMILES string of the molecule is CC(C)(C)OC(=O)Nc1ccc([C@H]2Nc3ccc(S(N)(=O)=O)cc3[C@H]3C=CC[C@H]32)cc1. The van der Waals surface area contributed by atoms with Crippen LogP contribution in [0.25, 0.3) is 0 Å². The van der Waals surface area contributed by atoms with Crippen molar-refractivity contribution < 1.29 is 17.9 Å². The molecule has 2 aromatic carbocycles. The zero-order chi connectivity index (χ0) is 22.4. The summed E-state index contributed by atoms with van der Waals surface area (Å²) in [7, 11) is -3.75. The van der Waals surface area contributed by atoms with Gasteiger partial charge >= 0.3 is 6.09 Å². The van der Waals surface area contributed by atoms with Crippen molar-refractivity contribution in [3.8, 4) is 0 Å². The van der Waals surface area contributed by atoms with Gasteiger partial charge in [-0.2, -0.15) is 0 Å². The van der Waals surface area contributed by atoms with Crippen LogP contribution >= 0.6 is 0 Å². The van der Waals surface area contributed by atoms with E-state index in [9.17, 15) is 13.2 Å². The summed E-state index contributed by atoms with van der Waals surface area (Å²) in [6.07, 6.45) is 4.68. The fourth-order valence-corrected chi connectivity index (χ4v) is 4.82. The average molecular weight is 442 g/mol. The summed E-state index contributed by atoms with van der Waals surface area (Å²) in [5.41, 5.74) is 3.05. The van der Waals surface area contributed by atoms with Crippen LogP contribution in [0.15, 0.2) is 59.5 Å². The standard InChI is InChI=1S/C23H27N3O4S/c1-23(2,3)30-22(27)25-15-9-7-14(8-10-15)21-18-6-4-5-17(18)19-13-16(31(24,28)29)11-12-20(19)26-21/h4-5,7-13,17-18,21,26H,6H2,1-3H3,(H,25,27)(H2,24,28,29)/t17-,18+,21+/m0/s1. The number of rotatable bonds is 3. The molecule has 1 aliphatic heterocycles. The second kappa shape index (κ2) is 7.69. The smallest absolute Gasteiger partial charge is 0.412 e. The highest BCUT2D eigenvalue weighted by Gasteiger charge is 2.38. The van der Waals surface area contributed by atoms with Gasteiger partial charge in [0.2, 0.25) is 10.0 Å². The molecule has 2 aromatic rings. The highest BCUT2D eigenvalue weighted by atomic mass is 32.2. The van der Waals surface area contributed by atoms with Crippen LogP contribution in [0.1, 0.15) is 50.3 Å². The Bertz CT molecular complexity index is 1130. The van der Waals surface area contributed by atoms with E-state index >= 15 is 0 Å². The molecule has 0 fully saturated rings. The van der Waals surface area contributed by atoms with E-state index in [0.717, 1.165) is 23.2 Å². The van der Waals surface area contributed by atoms with Crippen LogP contribution in [0.4, 0.5) is 16.2 Å². The van der Waals surface area contributed by atoms with Crippen LogP contribution in [-0.4, -0.2) is 20.1 Å². The van der Waals surface area contributed by atoms with Gasteiger partial charge in [-0.15, -0.1) is 0 Å². The first kappa shape index (κ1) is 21.4. The lowest BCUT2D eigenvalue weighted by Crippen LogP contribution is -2.29. The Hall–Kier alpha value is -2.84. The third-order valence-electron chi connectivity index (χ3n) is 5.58. The average Bonchev–Trinajstić information content (AvgIpc) is 3.15. The first-order valence-electron chi connectivity index (χ1n) is 10.2. The van der Waals surface area contributed by atoms with Gasteiger partial charge in [-0.3, -0.25) is 5.32 Å². The van der Waals surface area contributed by atoms with Gasteiger partial charge in [-0.1, -0.05) is 24.3 Å². The van der Waals surface area contributed by atoms with Crippen molar-refractivity contribution in [2.75, 3.05) is 10.6 Å². The van der Waals surface area contributed by atoms with E-state index < -0.39 is 21.7 Å². The van der Waals surface area contributed by atoms with Crippen molar-refractivity contribution in [1.82, 2.24) is 0 Å². The van der Waals surface area contributed by atoms with Crippen molar-refractivity contribution in [2.24, 2.45) is 11.1 Å². The predicted octanol–water partition coefficient (Wildman–Crippen LogP) is 4.51. The van der Waals surface area contributed by atoms with E-state index in [1.165, 1.54) is 6.07 Å². The molecular weight excluding hydrogens is 414 g/mol. The minimum atomic E-state index is -3.75. The predicted molar refractivity (Wildman–Crippen MR) is 120 cm³/mol. The number of nitrogens with two attached hydrogens (primary N) is 1. The molecule has 1 heterocycles. The molecule has 31 heavy (non-hydrogen) atoms. The minimum Gasteiger partial charge on any atom is -0.444 e. The quantitative estimate of drug-likeness (QED) is 0.607. The third-order valence-corrected chi connectivity index (χ3v) is 6.49. The Morgan fingerprint density at radius 2 is 1.87 bits per heavy atom. The molecule has 7 nitrogen and oxygen atoms in total. The van der Waals surface area contributed by atoms with Crippen LogP contribution < -0.4 is 15.8 Å². The molecule has 1 aliphatic carbocycles. The van der Waals surface area contributed by atoms with Gasteiger partial charge < -0.3 is 10.1 Å². The number of allylic oxidation sites excluding steroid dienone is 2. The van der Waals surface area contributed by atoms with Gasteiger partial charge in [0.25, 0.3) is 0 Å². The Labute approximate surface area is 182 Å². The largest absolute Gasteiger partial charge is 0.444 e. The molecule has 4 N–H and O–H groups in total. The van der Waals surface area contributed by atoms with Gasteiger partial charge in [-0.25, -0.2) is 18.4 Å². The maximum absolute atomic E-state index is 12.0. The highest BCUT2D eigenvalue weighted by Crippen LogP contribution is 2.50. The second-order valence-electron chi connectivity index (χ2n) is 9.02. The highest BCUT2D eigenvalue weighted by molar-refractivity contribution is 7.89. The lowest BCUT2D eigenvalue weighted by atomic mass is 9.77. The number of fused-ring (bicyclic) bond motifs is 3. The summed E-state index contributed by atoms with van der Waals surface area (Å²) in [6.45, 7) is 5.46. The molecule has 3 atom stereocenters. The monoisotopic (exact) mass is 441 g/mol. The zero-order valence-corrected chi connectivity index (χ0v) is 18.6. The van der Waals surface area contributed by atoms with E-state index in [2.05, 4.69) is 22.8 Å². The van der Waals surface area contributed by atoms with Crippen molar-refractivity contribution in [2.45, 2.75) is 49.6 Å². The van der Waals surface area contributed by atoms with Crippen LogP contribution in [0.2, 0.25) is 0 Å². The Balaban J connectivity index is 1.57. The van der Waals surface area contributed by atoms with Gasteiger partial charge in [0, 0.05) is 17.3 Å². The van der Waals surface area contributed by atoms with Gasteiger partial charge in [0.05, 0.1) is 10.9 Å². The fourth-order valence-electron chi connectivity index (χ4n) is 4.27. The first-order valence-corrected chi connectivity index (χ1v) is 11.8.